The van der Waals surface area contributed by atoms with Crippen molar-refractivity contribution in [1.29, 1.82) is 0 Å². The SMILES string of the molecule is CC1=CC(c2cccc(Cl)c2)=N[N]1. The second-order valence-electron chi connectivity index (χ2n) is 2.88. The Balaban J connectivity index is 2.37. The zero-order valence-electron chi connectivity index (χ0n) is 7.16. The molecule has 0 atom stereocenters. The highest BCUT2D eigenvalue weighted by Gasteiger charge is 2.08. The van der Waals surface area contributed by atoms with Crippen molar-refractivity contribution in [3.05, 3.63) is 46.6 Å². The molecule has 0 saturated heterocycles. The van der Waals surface area contributed by atoms with Gasteiger partial charge in [0.25, 0.3) is 0 Å². The molecule has 13 heavy (non-hydrogen) atoms. The summed E-state index contributed by atoms with van der Waals surface area (Å²) in [6.45, 7) is 1.92. The second-order valence-corrected chi connectivity index (χ2v) is 3.32. The number of halogens is 1. The Kier molecular flexibility index (Phi) is 2.07. The van der Waals surface area contributed by atoms with Crippen LogP contribution in [0.3, 0.4) is 0 Å². The molecular formula is C10H8ClN2. The van der Waals surface area contributed by atoms with Gasteiger partial charge in [-0.1, -0.05) is 23.7 Å². The Morgan fingerprint density at radius 2 is 2.15 bits per heavy atom. The molecule has 0 aliphatic carbocycles. The van der Waals surface area contributed by atoms with Crippen LogP contribution in [0.25, 0.3) is 0 Å². The lowest BCUT2D eigenvalue weighted by Crippen LogP contribution is -1.93. The van der Waals surface area contributed by atoms with Crippen molar-refractivity contribution in [2.75, 3.05) is 0 Å². The second kappa shape index (κ2) is 3.23. The minimum atomic E-state index is 0.721. The molecule has 3 heteroatoms. The summed E-state index contributed by atoms with van der Waals surface area (Å²) in [7, 11) is 0. The molecule has 0 N–H and O–H groups in total. The van der Waals surface area contributed by atoms with Gasteiger partial charge in [0.05, 0.1) is 11.4 Å². The van der Waals surface area contributed by atoms with Crippen LogP contribution in [-0.4, -0.2) is 5.71 Å². The lowest BCUT2D eigenvalue weighted by Gasteiger charge is -1.96. The van der Waals surface area contributed by atoms with Crippen LogP contribution in [-0.2, 0) is 0 Å². The average molecular weight is 192 g/mol. The summed E-state index contributed by atoms with van der Waals surface area (Å²) in [4.78, 5) is 0. The normalized spacial score (nSPS) is 14.9. The van der Waals surface area contributed by atoms with E-state index in [4.69, 9.17) is 11.6 Å². The van der Waals surface area contributed by atoms with Gasteiger partial charge >= 0.3 is 0 Å². The van der Waals surface area contributed by atoms with Crippen molar-refractivity contribution in [1.82, 2.24) is 5.43 Å². The molecule has 0 unspecified atom stereocenters. The molecule has 65 valence electrons. The van der Waals surface area contributed by atoms with E-state index in [1.165, 1.54) is 0 Å². The van der Waals surface area contributed by atoms with Crippen LogP contribution in [0.4, 0.5) is 0 Å². The fourth-order valence-corrected chi connectivity index (χ4v) is 1.37. The van der Waals surface area contributed by atoms with E-state index in [-0.39, 0.29) is 0 Å². The average Bonchev–Trinajstić information content (AvgIpc) is 2.52. The molecule has 0 saturated carbocycles. The maximum absolute atomic E-state index is 5.85. The van der Waals surface area contributed by atoms with Gasteiger partial charge in [-0.3, -0.25) is 0 Å². The Hall–Kier alpha value is -1.28. The van der Waals surface area contributed by atoms with E-state index in [0.717, 1.165) is 22.0 Å². The molecule has 1 aliphatic heterocycles. The summed E-state index contributed by atoms with van der Waals surface area (Å²) >= 11 is 5.85. The molecule has 0 fully saturated rings. The summed E-state index contributed by atoms with van der Waals surface area (Å²) in [6.07, 6.45) is 1.94. The maximum Gasteiger partial charge on any atom is 0.0948 e. The number of benzene rings is 1. The third-order valence-corrected chi connectivity index (χ3v) is 2.02. The smallest absolute Gasteiger partial charge is 0.0948 e. The topological polar surface area (TPSA) is 26.5 Å². The van der Waals surface area contributed by atoms with Crippen molar-refractivity contribution in [3.63, 3.8) is 0 Å². The highest BCUT2D eigenvalue weighted by atomic mass is 35.5. The van der Waals surface area contributed by atoms with Crippen molar-refractivity contribution < 1.29 is 0 Å². The molecular weight excluding hydrogens is 184 g/mol. The van der Waals surface area contributed by atoms with Gasteiger partial charge in [-0.2, -0.15) is 10.5 Å². The first-order valence-corrected chi connectivity index (χ1v) is 4.36. The molecule has 2 rings (SSSR count). The van der Waals surface area contributed by atoms with Crippen LogP contribution in [0, 0.1) is 0 Å². The first kappa shape index (κ1) is 8.32. The zero-order valence-corrected chi connectivity index (χ0v) is 7.92. The summed E-state index contributed by atoms with van der Waals surface area (Å²) in [5, 5.41) is 4.74. The van der Waals surface area contributed by atoms with Gasteiger partial charge in [0.15, 0.2) is 0 Å². The first-order chi connectivity index (χ1) is 6.25. The molecule has 1 aromatic rings. The van der Waals surface area contributed by atoms with Crippen LogP contribution in [0.5, 0.6) is 0 Å². The molecule has 1 aliphatic rings. The van der Waals surface area contributed by atoms with E-state index in [1.54, 1.807) is 0 Å². The van der Waals surface area contributed by atoms with E-state index in [0.29, 0.717) is 0 Å². The van der Waals surface area contributed by atoms with Crippen LogP contribution >= 0.6 is 11.6 Å². The number of hydrogen-bond acceptors (Lipinski definition) is 1. The zero-order chi connectivity index (χ0) is 9.26. The predicted molar refractivity (Wildman–Crippen MR) is 53.9 cm³/mol. The highest BCUT2D eigenvalue weighted by Crippen LogP contribution is 2.14. The number of nitrogens with zero attached hydrogens (tertiary/aromatic N) is 2. The summed E-state index contributed by atoms with van der Waals surface area (Å²) < 4.78 is 0. The van der Waals surface area contributed by atoms with Crippen LogP contribution in [0.1, 0.15) is 12.5 Å². The molecule has 0 bridgehead atoms. The predicted octanol–water partition coefficient (Wildman–Crippen LogP) is 2.57. The molecule has 0 spiro atoms. The van der Waals surface area contributed by atoms with Gasteiger partial charge in [0.2, 0.25) is 0 Å². The monoisotopic (exact) mass is 191 g/mol. The quantitative estimate of drug-likeness (QED) is 0.653. The van der Waals surface area contributed by atoms with Gasteiger partial charge in [-0.05, 0) is 25.1 Å². The third-order valence-electron chi connectivity index (χ3n) is 1.78. The largest absolute Gasteiger partial charge is 0.155 e. The molecule has 0 aromatic heterocycles. The van der Waals surface area contributed by atoms with E-state index in [9.17, 15) is 0 Å². The van der Waals surface area contributed by atoms with Gasteiger partial charge < -0.3 is 0 Å². The number of hydrogen-bond donors (Lipinski definition) is 0. The number of allylic oxidation sites excluding steroid dienone is 2. The Bertz CT molecular complexity index is 394. The molecule has 1 radical (unpaired) electrons. The number of rotatable bonds is 1. The van der Waals surface area contributed by atoms with Crippen LogP contribution in [0.2, 0.25) is 5.02 Å². The van der Waals surface area contributed by atoms with Crippen molar-refractivity contribution >= 4 is 17.3 Å². The lowest BCUT2D eigenvalue weighted by atomic mass is 10.1. The van der Waals surface area contributed by atoms with Gasteiger partial charge in [-0.15, -0.1) is 0 Å². The fourth-order valence-electron chi connectivity index (χ4n) is 1.18. The summed E-state index contributed by atoms with van der Waals surface area (Å²) in [6, 6.07) is 7.59. The Labute approximate surface area is 81.9 Å². The van der Waals surface area contributed by atoms with Gasteiger partial charge in [-0.25, -0.2) is 0 Å². The van der Waals surface area contributed by atoms with Crippen molar-refractivity contribution in [2.24, 2.45) is 5.10 Å². The summed E-state index contributed by atoms with van der Waals surface area (Å²) in [5.74, 6) is 0. The Morgan fingerprint density at radius 3 is 2.77 bits per heavy atom. The highest BCUT2D eigenvalue weighted by molar-refractivity contribution is 6.31. The molecule has 1 heterocycles. The molecule has 2 nitrogen and oxygen atoms in total. The van der Waals surface area contributed by atoms with Crippen LogP contribution < -0.4 is 5.43 Å². The third kappa shape index (κ3) is 1.73. The standard InChI is InChI=1S/C10H8ClN2/c1-7-5-10(13-12-7)8-3-2-4-9(11)6-8/h2-6H,1H3. The Morgan fingerprint density at radius 1 is 1.31 bits per heavy atom. The minimum absolute atomic E-state index is 0.721. The summed E-state index contributed by atoms with van der Waals surface area (Å²) in [5.41, 5.74) is 6.74. The van der Waals surface area contributed by atoms with E-state index in [2.05, 4.69) is 10.5 Å². The van der Waals surface area contributed by atoms with Crippen molar-refractivity contribution in [2.45, 2.75) is 6.92 Å². The first-order valence-electron chi connectivity index (χ1n) is 3.98. The lowest BCUT2D eigenvalue weighted by molar-refractivity contribution is 0.895. The maximum atomic E-state index is 5.85. The van der Waals surface area contributed by atoms with Gasteiger partial charge in [0.1, 0.15) is 0 Å². The van der Waals surface area contributed by atoms with E-state index < -0.39 is 0 Å². The van der Waals surface area contributed by atoms with Crippen LogP contribution in [0.15, 0.2) is 41.1 Å². The van der Waals surface area contributed by atoms with E-state index >= 15 is 0 Å². The van der Waals surface area contributed by atoms with Crippen molar-refractivity contribution in [3.8, 4) is 0 Å². The molecule has 0 amide bonds. The molecule has 1 aromatic carbocycles. The minimum Gasteiger partial charge on any atom is -0.155 e. The van der Waals surface area contributed by atoms with Gasteiger partial charge in [0, 0.05) is 10.6 Å². The fraction of sp³-hybridized carbons (Fsp3) is 0.100. The van der Waals surface area contributed by atoms with E-state index in [1.807, 2.05) is 37.3 Å².